The van der Waals surface area contributed by atoms with E-state index in [4.69, 9.17) is 20.9 Å². The van der Waals surface area contributed by atoms with Crippen LogP contribution in [0.4, 0.5) is 20.1 Å². The predicted octanol–water partition coefficient (Wildman–Crippen LogP) is -3.05. The standard InChI is InChI=1S/C71H100Br2N20O21S/c1-8-36(4)58-64(105)78-29-55(99)80-49-34-115(112)67-43(25-46(60(101)77-30-56(100)86-58)82-66(107)59(37(5)52(96)32-94)87-63(104)50-23-40(95)31-92(50)68(108)47(26-53(74)97)83-62(49)103)42-18-17-41(24-45(42)84-67)114-71(111)91(7)22-21-90(6)70(110)113-33-38-13-15-39(16-14-38)79-61(102)44(11-9-19-76-69(75)109)81-65(106)57(35(2)3)85-54(98)12-10-20-93-51(28-73)48(27-72)88-89-93/h13-18,24,35-37,40,44,46-47,49-50,52,57-59,84,94-96H,8-12,19-23,25-34H2,1-7H3,(H2,74,97)(H,77,101)(H,78,105)(H,79,102)(H,80,99)(H,81,106)(H,82,107)(H,83,103)(H,85,98)(H,86,100)(H,87,104)(H3,75,76,109)/t36-,37-,40+,44-,46+,47-,49-,50-,52-,57-,58-,59-,115?/m0/s1. The molecule has 0 spiro atoms. The Morgan fingerprint density at radius 3 is 2.11 bits per heavy atom. The van der Waals surface area contributed by atoms with Crippen LogP contribution in [0.5, 0.6) is 5.75 Å². The summed E-state index contributed by atoms with van der Waals surface area (Å²) in [6.45, 7) is 4.86. The predicted molar refractivity (Wildman–Crippen MR) is 417 cm³/mol. The number of carbonyl (C=O) groups is 15. The Kier molecular flexibility index (Phi) is 34.7. The fourth-order valence-corrected chi connectivity index (χ4v) is 15.0. The summed E-state index contributed by atoms with van der Waals surface area (Å²) in [6.07, 6.45) is -5.92. The van der Waals surface area contributed by atoms with Crippen LogP contribution >= 0.6 is 31.9 Å². The number of alkyl halides is 2. The number of aromatic amines is 1. The number of aromatic nitrogens is 4. The maximum absolute atomic E-state index is 15.2. The molecule has 2 aromatic carbocycles. The first kappa shape index (κ1) is 91.9. The number of amides is 16. The topological polar surface area (TPSA) is 599 Å². The number of hydrogen-bond acceptors (Lipinski definition) is 23. The second-order valence-corrected chi connectivity index (χ2v) is 31.0. The first-order valence-corrected chi connectivity index (χ1v) is 40.6. The van der Waals surface area contributed by atoms with Gasteiger partial charge in [0.2, 0.25) is 75.9 Å². The molecule has 3 aliphatic rings. The number of likely N-dealkylation sites (N-methyl/N-ethyl adjacent to an activating group) is 2. The molecule has 0 saturated carbocycles. The molecule has 13 atom stereocenters. The minimum atomic E-state index is -2.56. The molecule has 16 amide bonds. The number of nitrogens with one attached hydrogen (secondary N) is 12. The highest BCUT2D eigenvalue weighted by molar-refractivity contribution is 9.09. The first-order valence-electron chi connectivity index (χ1n) is 37.1. The minimum absolute atomic E-state index is 0.0391. The monoisotopic (exact) mass is 1760 g/mol. The molecule has 44 heteroatoms. The lowest BCUT2D eigenvalue weighted by atomic mass is 9.93. The number of primary amides is 2. The van der Waals surface area contributed by atoms with Crippen molar-refractivity contribution in [3.8, 4) is 5.75 Å². The van der Waals surface area contributed by atoms with Gasteiger partial charge >= 0.3 is 18.2 Å². The molecule has 5 heterocycles. The Balaban J connectivity index is 1.07. The Labute approximate surface area is 680 Å². The van der Waals surface area contributed by atoms with Gasteiger partial charge in [0, 0.05) is 117 Å². The third-order valence-electron chi connectivity index (χ3n) is 19.5. The number of nitrogens with zero attached hydrogens (tertiary/aromatic N) is 6. The number of urea groups is 1. The Morgan fingerprint density at radius 1 is 0.791 bits per heavy atom. The summed E-state index contributed by atoms with van der Waals surface area (Å²) in [6, 6.07) is -3.31. The lowest BCUT2D eigenvalue weighted by Crippen LogP contribution is -2.62. The average Bonchev–Trinajstić information content (AvgIpc) is 1.64. The van der Waals surface area contributed by atoms with Gasteiger partial charge in [0.25, 0.3) is 0 Å². The minimum Gasteiger partial charge on any atom is -0.610 e. The number of fused-ring (bicyclic) bond motifs is 5. The number of nitrogens with two attached hydrogens (primary N) is 2. The van der Waals surface area contributed by atoms with Gasteiger partial charge in [-0.1, -0.05) is 90.2 Å². The number of carbonyl (C=O) groups excluding carboxylic acids is 15. The van der Waals surface area contributed by atoms with Crippen molar-refractivity contribution in [2.24, 2.45) is 29.2 Å². The fourth-order valence-electron chi connectivity index (χ4n) is 12.6. The molecule has 115 heavy (non-hydrogen) atoms. The van der Waals surface area contributed by atoms with E-state index < -0.39 is 224 Å². The number of ether oxygens (including phenoxy) is 2. The number of anilines is 1. The molecule has 19 N–H and O–H groups in total. The van der Waals surface area contributed by atoms with Gasteiger partial charge in [-0.05, 0) is 60.9 Å². The molecule has 2 aromatic heterocycles. The van der Waals surface area contributed by atoms with Gasteiger partial charge in [-0.3, -0.25) is 57.5 Å². The molecule has 630 valence electrons. The largest absolute Gasteiger partial charge is 0.610 e. The maximum atomic E-state index is 15.2. The number of aliphatic hydroxyl groups excluding tert-OH is 3. The van der Waals surface area contributed by atoms with Crippen LogP contribution in [0, 0.1) is 17.8 Å². The van der Waals surface area contributed by atoms with E-state index in [1.165, 1.54) is 56.3 Å². The van der Waals surface area contributed by atoms with Crippen LogP contribution in [-0.4, -0.2) is 270 Å². The van der Waals surface area contributed by atoms with Crippen LogP contribution in [0.15, 0.2) is 47.5 Å². The average molecular weight is 1760 g/mol. The number of H-pyrrole nitrogens is 1. The van der Waals surface area contributed by atoms with Crippen molar-refractivity contribution in [3.05, 3.63) is 65.0 Å². The SMILES string of the molecule is CC[C@H](C)[C@@H]1NC(=O)CNC(=O)[C@H]2Cc3c([nH]c4cc(OC(=O)N(C)CCN(C)C(=O)OCc5ccc(NC(=O)[C@H](CCCNC(N)=O)NC(=O)[C@@H](NC(=O)CCCn6nnc(CBr)c6CBr)C(C)C)cc5)ccc34)[S+]([O-])C[C@H](NC(=O)CNC1=O)C(=O)N[C@@H](CC(N)=O)C(=O)N1C[C@H](O)C[C@H]1C(=O)N[C@@H]([C@@H](C)[C@@H](O)CO)C(=O)N2. The van der Waals surface area contributed by atoms with Crippen molar-refractivity contribution in [3.63, 3.8) is 0 Å². The number of halogens is 2. The second-order valence-electron chi connectivity index (χ2n) is 28.4. The zero-order chi connectivity index (χ0) is 84.7. The van der Waals surface area contributed by atoms with Gasteiger partial charge in [-0.2, -0.15) is 0 Å². The number of aliphatic hydroxyl groups is 3. The highest BCUT2D eigenvalue weighted by Crippen LogP contribution is 2.32. The highest BCUT2D eigenvalue weighted by atomic mass is 79.9. The van der Waals surface area contributed by atoms with E-state index in [1.54, 1.807) is 44.5 Å². The summed E-state index contributed by atoms with van der Waals surface area (Å²) in [5.41, 5.74) is 13.3. The van der Waals surface area contributed by atoms with E-state index in [1.807, 2.05) is 0 Å². The smallest absolute Gasteiger partial charge is 0.415 e. The van der Waals surface area contributed by atoms with E-state index >= 15 is 4.55 Å². The summed E-state index contributed by atoms with van der Waals surface area (Å²) in [7, 11) is 2.77. The third-order valence-corrected chi connectivity index (χ3v) is 22.0. The number of aryl methyl sites for hydroxylation is 1. The van der Waals surface area contributed by atoms with Crippen molar-refractivity contribution in [2.45, 2.75) is 175 Å². The van der Waals surface area contributed by atoms with Crippen LogP contribution in [0.2, 0.25) is 0 Å². The van der Waals surface area contributed by atoms with Crippen LogP contribution in [0.25, 0.3) is 10.9 Å². The molecular weight excluding hydrogens is 1660 g/mol. The Morgan fingerprint density at radius 2 is 1.47 bits per heavy atom. The molecule has 1 saturated heterocycles. The van der Waals surface area contributed by atoms with Crippen molar-refractivity contribution >= 4 is 149 Å². The van der Waals surface area contributed by atoms with Crippen LogP contribution < -0.4 is 74.7 Å². The van der Waals surface area contributed by atoms with Crippen molar-refractivity contribution in [1.82, 2.24) is 87.8 Å². The number of benzene rings is 2. The van der Waals surface area contributed by atoms with Crippen molar-refractivity contribution < 1.29 is 101 Å². The molecular formula is C71H100Br2N20O21S. The van der Waals surface area contributed by atoms with Gasteiger partial charge in [0.15, 0.2) is 6.04 Å². The van der Waals surface area contributed by atoms with Crippen molar-refractivity contribution in [1.29, 1.82) is 0 Å². The van der Waals surface area contributed by atoms with Gasteiger partial charge in [0.05, 0.1) is 55.2 Å². The number of hydrogen-bond donors (Lipinski definition) is 17. The third kappa shape index (κ3) is 26.1. The van der Waals surface area contributed by atoms with Crippen molar-refractivity contribution in [2.75, 3.05) is 71.0 Å². The van der Waals surface area contributed by atoms with Crippen LogP contribution in [0.3, 0.4) is 0 Å². The molecule has 1 fully saturated rings. The summed E-state index contributed by atoms with van der Waals surface area (Å²) >= 11 is 4.27. The van der Waals surface area contributed by atoms with E-state index in [2.05, 4.69) is 106 Å². The second kappa shape index (κ2) is 43.4. The normalized spacial score (nSPS) is 21.3. The highest BCUT2D eigenvalue weighted by Gasteiger charge is 2.46. The Hall–Kier alpha value is -10.3. The van der Waals surface area contributed by atoms with Crippen LogP contribution in [-0.2, 0) is 104 Å². The van der Waals surface area contributed by atoms with E-state index in [9.17, 15) is 87.2 Å². The molecule has 1 unspecified atom stereocenters. The molecule has 3 aliphatic heterocycles. The summed E-state index contributed by atoms with van der Waals surface area (Å²) in [5, 5.41) is 69.1. The molecule has 7 rings (SSSR count). The van der Waals surface area contributed by atoms with Gasteiger partial charge in [-0.15, -0.1) is 5.10 Å². The quantitative estimate of drug-likeness (QED) is 0.0146. The lowest BCUT2D eigenvalue weighted by Gasteiger charge is -2.32. The van der Waals surface area contributed by atoms with Gasteiger partial charge < -0.3 is 119 Å². The lowest BCUT2D eigenvalue weighted by molar-refractivity contribution is -0.144. The first-order chi connectivity index (χ1) is 54.5. The Bertz CT molecular complexity index is 4190. The van der Waals surface area contributed by atoms with Gasteiger partial charge in [-0.25, -0.2) is 19.1 Å². The zero-order valence-corrected chi connectivity index (χ0v) is 68.4. The summed E-state index contributed by atoms with van der Waals surface area (Å²) in [4.78, 5) is 213. The molecule has 2 bridgehead atoms. The maximum Gasteiger partial charge on any atom is 0.415 e. The van der Waals surface area contributed by atoms with E-state index in [0.29, 0.717) is 41.3 Å². The zero-order valence-electron chi connectivity index (χ0n) is 64.4. The molecule has 41 nitrogen and oxygen atoms in total. The van der Waals surface area contributed by atoms with E-state index in [0.717, 1.165) is 21.2 Å². The van der Waals surface area contributed by atoms with Crippen LogP contribution in [0.1, 0.15) is 102 Å². The summed E-state index contributed by atoms with van der Waals surface area (Å²) < 4.78 is 28.2. The number of rotatable bonds is 29. The van der Waals surface area contributed by atoms with Gasteiger partial charge in [0.1, 0.15) is 60.4 Å². The molecule has 4 aromatic rings. The molecule has 0 radical (unpaired) electrons. The fraction of sp³-hybridized carbons (Fsp3) is 0.563. The molecule has 0 aliphatic carbocycles. The van der Waals surface area contributed by atoms with E-state index in [-0.39, 0.29) is 78.7 Å². The summed E-state index contributed by atoms with van der Waals surface area (Å²) in [5.74, 6) is -14.9.